The maximum Gasteiger partial charge on any atom is 0.0928 e. The molecule has 0 bridgehead atoms. The van der Waals surface area contributed by atoms with Crippen LogP contribution in [0.3, 0.4) is 0 Å². The summed E-state index contributed by atoms with van der Waals surface area (Å²) >= 11 is 0. The van der Waals surface area contributed by atoms with Crippen LogP contribution in [0.5, 0.6) is 0 Å². The van der Waals surface area contributed by atoms with E-state index in [0.29, 0.717) is 5.92 Å². The van der Waals surface area contributed by atoms with Crippen molar-refractivity contribution in [3.8, 4) is 11.8 Å². The van der Waals surface area contributed by atoms with Crippen molar-refractivity contribution in [3.05, 3.63) is 0 Å². The second-order valence-electron chi connectivity index (χ2n) is 4.27. The van der Waals surface area contributed by atoms with Crippen LogP contribution in [0.1, 0.15) is 26.2 Å². The minimum absolute atomic E-state index is 0.320. The van der Waals surface area contributed by atoms with E-state index in [1.807, 2.05) is 6.92 Å². The smallest absolute Gasteiger partial charge is 0.0928 e. The van der Waals surface area contributed by atoms with Crippen LogP contribution in [0.4, 0.5) is 0 Å². The number of rotatable bonds is 3. The fourth-order valence-electron chi connectivity index (χ4n) is 2.10. The molecule has 1 N–H and O–H groups in total. The zero-order valence-corrected chi connectivity index (χ0v) is 8.21. The third kappa shape index (κ3) is 1.87. The van der Waals surface area contributed by atoms with E-state index in [0.717, 1.165) is 26.1 Å². The number of hydrogen-bond acceptors (Lipinski definition) is 2. The highest BCUT2D eigenvalue weighted by atomic mass is 16.3. The van der Waals surface area contributed by atoms with Gasteiger partial charge in [-0.3, -0.25) is 4.90 Å². The van der Waals surface area contributed by atoms with Crippen molar-refractivity contribution in [2.75, 3.05) is 19.6 Å². The summed E-state index contributed by atoms with van der Waals surface area (Å²) in [6.07, 6.45) is 3.41. The molecule has 0 aromatic heterocycles. The Morgan fingerprint density at radius 3 is 2.69 bits per heavy atom. The van der Waals surface area contributed by atoms with Crippen LogP contribution in [-0.2, 0) is 0 Å². The third-order valence-corrected chi connectivity index (χ3v) is 3.06. The number of β-amino-alcohol motifs (C(OH)–C–C–N with tert-alkyl or cyclic N) is 1. The summed E-state index contributed by atoms with van der Waals surface area (Å²) in [7, 11) is 0. The molecule has 1 aliphatic heterocycles. The van der Waals surface area contributed by atoms with E-state index >= 15 is 0 Å². The van der Waals surface area contributed by atoms with Gasteiger partial charge in [0.05, 0.1) is 5.60 Å². The maximum absolute atomic E-state index is 10.00. The Morgan fingerprint density at radius 1 is 1.46 bits per heavy atom. The molecule has 2 nitrogen and oxygen atoms in total. The highest BCUT2D eigenvalue weighted by Crippen LogP contribution is 2.44. The lowest BCUT2D eigenvalue weighted by atomic mass is 9.89. The summed E-state index contributed by atoms with van der Waals surface area (Å²) < 4.78 is 0. The minimum Gasteiger partial charge on any atom is -0.387 e. The maximum atomic E-state index is 10.00. The second-order valence-corrected chi connectivity index (χ2v) is 4.27. The summed E-state index contributed by atoms with van der Waals surface area (Å²) in [6.45, 7) is 4.65. The van der Waals surface area contributed by atoms with Crippen molar-refractivity contribution in [1.82, 2.24) is 4.90 Å². The number of nitrogens with zero attached hydrogens (tertiary/aromatic N) is 1. The quantitative estimate of drug-likeness (QED) is 0.649. The molecular weight excluding hydrogens is 162 g/mol. The molecule has 0 amide bonds. The Kier molecular flexibility index (Phi) is 2.31. The lowest BCUT2D eigenvalue weighted by Gasteiger charge is -2.47. The van der Waals surface area contributed by atoms with Crippen LogP contribution in [0.2, 0.25) is 0 Å². The predicted octanol–water partition coefficient (Wildman–Crippen LogP) is 0.857. The first-order valence-corrected chi connectivity index (χ1v) is 5.09. The molecular formula is C11H17NO. The fourth-order valence-corrected chi connectivity index (χ4v) is 2.10. The van der Waals surface area contributed by atoms with Gasteiger partial charge in [0.15, 0.2) is 0 Å². The van der Waals surface area contributed by atoms with Gasteiger partial charge in [-0.2, -0.15) is 0 Å². The Hall–Kier alpha value is -0.520. The molecule has 2 heteroatoms. The highest BCUT2D eigenvalue weighted by Gasteiger charge is 2.51. The monoisotopic (exact) mass is 179 g/mol. The molecule has 13 heavy (non-hydrogen) atoms. The highest BCUT2D eigenvalue weighted by molar-refractivity contribution is 5.06. The Balaban J connectivity index is 1.67. The first kappa shape index (κ1) is 9.05. The van der Waals surface area contributed by atoms with E-state index < -0.39 is 0 Å². The molecule has 1 aliphatic carbocycles. The van der Waals surface area contributed by atoms with Gasteiger partial charge in [0, 0.05) is 26.1 Å². The van der Waals surface area contributed by atoms with Crippen molar-refractivity contribution in [2.45, 2.75) is 31.8 Å². The number of likely N-dealkylation sites (tertiary alicyclic amines) is 1. The van der Waals surface area contributed by atoms with Crippen molar-refractivity contribution >= 4 is 0 Å². The average molecular weight is 179 g/mol. The van der Waals surface area contributed by atoms with Gasteiger partial charge >= 0.3 is 0 Å². The van der Waals surface area contributed by atoms with Crippen molar-refractivity contribution in [2.24, 2.45) is 5.92 Å². The molecule has 0 unspecified atom stereocenters. The lowest BCUT2D eigenvalue weighted by molar-refractivity contribution is -0.112. The molecule has 2 fully saturated rings. The zero-order valence-electron chi connectivity index (χ0n) is 8.21. The standard InChI is InChI=1S/C11H17NO/c1-2-3-4-7-12-8-11(13,9-12)10-5-6-10/h10,13H,4-9H2,1H3. The predicted molar refractivity (Wildman–Crippen MR) is 52.2 cm³/mol. The van der Waals surface area contributed by atoms with Gasteiger partial charge in [-0.15, -0.1) is 11.8 Å². The second kappa shape index (κ2) is 3.32. The molecule has 2 rings (SSSR count). The summed E-state index contributed by atoms with van der Waals surface area (Å²) in [5.74, 6) is 6.55. The molecule has 0 aromatic rings. The molecule has 1 saturated heterocycles. The summed E-state index contributed by atoms with van der Waals surface area (Å²) in [5.41, 5.74) is -0.320. The SMILES string of the molecule is CC#CCCN1CC(O)(C2CC2)C1. The summed E-state index contributed by atoms with van der Waals surface area (Å²) in [4.78, 5) is 2.29. The van der Waals surface area contributed by atoms with E-state index in [1.54, 1.807) is 0 Å². The van der Waals surface area contributed by atoms with E-state index in [4.69, 9.17) is 0 Å². The van der Waals surface area contributed by atoms with Crippen molar-refractivity contribution < 1.29 is 5.11 Å². The van der Waals surface area contributed by atoms with Gasteiger partial charge in [0.25, 0.3) is 0 Å². The molecule has 2 aliphatic rings. The normalized spacial score (nSPS) is 26.0. The van der Waals surface area contributed by atoms with Gasteiger partial charge < -0.3 is 5.11 Å². The van der Waals surface area contributed by atoms with Crippen molar-refractivity contribution in [1.29, 1.82) is 0 Å². The first-order chi connectivity index (χ1) is 6.24. The van der Waals surface area contributed by atoms with E-state index in [1.165, 1.54) is 12.8 Å². The molecule has 72 valence electrons. The fraction of sp³-hybridized carbons (Fsp3) is 0.818. The molecule has 0 aromatic carbocycles. The summed E-state index contributed by atoms with van der Waals surface area (Å²) in [6, 6.07) is 0. The van der Waals surface area contributed by atoms with Crippen LogP contribution in [0.15, 0.2) is 0 Å². The molecule has 0 atom stereocenters. The Morgan fingerprint density at radius 2 is 2.15 bits per heavy atom. The number of aliphatic hydroxyl groups is 1. The van der Waals surface area contributed by atoms with Gasteiger partial charge in [0.1, 0.15) is 0 Å². The summed E-state index contributed by atoms with van der Waals surface area (Å²) in [5, 5.41) is 10.00. The first-order valence-electron chi connectivity index (χ1n) is 5.09. The molecule has 1 saturated carbocycles. The molecule has 1 heterocycles. The Labute approximate surface area is 79.9 Å². The topological polar surface area (TPSA) is 23.5 Å². The lowest BCUT2D eigenvalue weighted by Crippen LogP contribution is -2.63. The number of hydrogen-bond donors (Lipinski definition) is 1. The van der Waals surface area contributed by atoms with Gasteiger partial charge in [-0.05, 0) is 25.7 Å². The van der Waals surface area contributed by atoms with Crippen LogP contribution in [0, 0.1) is 17.8 Å². The van der Waals surface area contributed by atoms with Gasteiger partial charge in [-0.1, -0.05) is 0 Å². The van der Waals surface area contributed by atoms with E-state index in [2.05, 4.69) is 16.7 Å². The zero-order chi connectivity index (χ0) is 9.31. The molecule has 0 radical (unpaired) electrons. The van der Waals surface area contributed by atoms with Crippen LogP contribution < -0.4 is 0 Å². The van der Waals surface area contributed by atoms with Crippen LogP contribution >= 0.6 is 0 Å². The van der Waals surface area contributed by atoms with Gasteiger partial charge in [0.2, 0.25) is 0 Å². The minimum atomic E-state index is -0.320. The van der Waals surface area contributed by atoms with Crippen molar-refractivity contribution in [3.63, 3.8) is 0 Å². The largest absolute Gasteiger partial charge is 0.387 e. The van der Waals surface area contributed by atoms with Crippen LogP contribution in [0.25, 0.3) is 0 Å². The third-order valence-electron chi connectivity index (χ3n) is 3.06. The van der Waals surface area contributed by atoms with Gasteiger partial charge in [-0.25, -0.2) is 0 Å². The Bertz CT molecular complexity index is 241. The molecule has 0 spiro atoms. The average Bonchev–Trinajstić information content (AvgIpc) is 2.83. The van der Waals surface area contributed by atoms with E-state index in [9.17, 15) is 5.11 Å². The van der Waals surface area contributed by atoms with E-state index in [-0.39, 0.29) is 5.60 Å². The van der Waals surface area contributed by atoms with Crippen LogP contribution in [-0.4, -0.2) is 35.2 Å².